The first-order valence-corrected chi connectivity index (χ1v) is 10.6. The fourth-order valence-corrected chi connectivity index (χ4v) is 3.03. The predicted molar refractivity (Wildman–Crippen MR) is 125 cm³/mol. The molecular weight excluding hydrogens is 392 g/mol. The summed E-state index contributed by atoms with van der Waals surface area (Å²) in [5.74, 6) is 0.0731. The average Bonchev–Trinajstić information content (AvgIpc) is 2.74. The van der Waals surface area contributed by atoms with Crippen LogP contribution in [0.25, 0.3) is 0 Å². The Hall–Kier alpha value is -3.35. The minimum absolute atomic E-state index is 0.0140. The molecule has 0 aliphatic rings. The second-order valence-corrected chi connectivity index (χ2v) is 7.68. The van der Waals surface area contributed by atoms with Crippen molar-refractivity contribution >= 4 is 34.8 Å². The molecule has 7 nitrogen and oxygen atoms in total. The molecule has 0 unspecified atom stereocenters. The molecule has 7 heteroatoms. The fraction of sp³-hybridized carbons (Fsp3) is 0.375. The lowest BCUT2D eigenvalue weighted by Gasteiger charge is -2.18. The number of nitrogens with one attached hydrogen (secondary N) is 3. The highest BCUT2D eigenvalue weighted by Crippen LogP contribution is 2.15. The number of carbonyl (C=O) groups is 3. The van der Waals surface area contributed by atoms with Gasteiger partial charge in [0, 0.05) is 42.1 Å². The van der Waals surface area contributed by atoms with Gasteiger partial charge >= 0.3 is 0 Å². The van der Waals surface area contributed by atoms with E-state index < -0.39 is 0 Å². The summed E-state index contributed by atoms with van der Waals surface area (Å²) in [4.78, 5) is 38.1. The van der Waals surface area contributed by atoms with Gasteiger partial charge in [-0.05, 0) is 68.3 Å². The minimum atomic E-state index is -0.197. The van der Waals surface area contributed by atoms with Gasteiger partial charge in [-0.25, -0.2) is 0 Å². The van der Waals surface area contributed by atoms with Gasteiger partial charge in [0.05, 0.1) is 6.54 Å². The van der Waals surface area contributed by atoms with Crippen LogP contribution < -0.4 is 16.0 Å². The van der Waals surface area contributed by atoms with Crippen LogP contribution in [0.5, 0.6) is 0 Å². The molecular formula is C24H32N4O3. The van der Waals surface area contributed by atoms with E-state index >= 15 is 0 Å². The van der Waals surface area contributed by atoms with Crippen LogP contribution >= 0.6 is 0 Å². The van der Waals surface area contributed by atoms with Gasteiger partial charge in [-0.15, -0.1) is 0 Å². The summed E-state index contributed by atoms with van der Waals surface area (Å²) < 4.78 is 0. The van der Waals surface area contributed by atoms with Crippen LogP contribution in [0.3, 0.4) is 0 Å². The molecule has 0 saturated carbocycles. The molecule has 2 aromatic carbocycles. The molecule has 2 aromatic rings. The summed E-state index contributed by atoms with van der Waals surface area (Å²) in [6, 6.07) is 14.1. The first kappa shape index (κ1) is 23.9. The first-order chi connectivity index (χ1) is 14.8. The number of benzene rings is 2. The molecule has 2 rings (SSSR count). The highest BCUT2D eigenvalue weighted by molar-refractivity contribution is 5.96. The van der Waals surface area contributed by atoms with Gasteiger partial charge in [-0.2, -0.15) is 0 Å². The Labute approximate surface area is 184 Å². The summed E-state index contributed by atoms with van der Waals surface area (Å²) in [6.45, 7) is 9.29. The van der Waals surface area contributed by atoms with Crippen molar-refractivity contribution in [3.05, 3.63) is 54.1 Å². The molecule has 0 saturated heterocycles. The van der Waals surface area contributed by atoms with E-state index in [1.807, 2.05) is 39.8 Å². The molecule has 3 amide bonds. The Bertz CT molecular complexity index is 873. The summed E-state index contributed by atoms with van der Waals surface area (Å²) in [5, 5.41) is 8.71. The van der Waals surface area contributed by atoms with E-state index in [1.165, 1.54) is 0 Å². The Morgan fingerprint density at radius 1 is 0.774 bits per heavy atom. The molecule has 0 aliphatic heterocycles. The van der Waals surface area contributed by atoms with Crippen LogP contribution in [0.4, 0.5) is 17.1 Å². The molecule has 3 N–H and O–H groups in total. The molecule has 166 valence electrons. The van der Waals surface area contributed by atoms with Gasteiger partial charge in [-0.1, -0.05) is 13.8 Å². The van der Waals surface area contributed by atoms with Crippen LogP contribution in [0.2, 0.25) is 0 Å². The summed E-state index contributed by atoms with van der Waals surface area (Å²) >= 11 is 0. The van der Waals surface area contributed by atoms with Crippen LogP contribution in [0.1, 0.15) is 44.5 Å². The summed E-state index contributed by atoms with van der Waals surface area (Å²) in [6.07, 6.45) is 0.477. The highest BCUT2D eigenvalue weighted by Gasteiger charge is 2.12. The number of hydrogen-bond acceptors (Lipinski definition) is 4. The molecule has 0 fully saturated rings. The van der Waals surface area contributed by atoms with Crippen molar-refractivity contribution in [3.8, 4) is 0 Å². The second kappa shape index (κ2) is 11.7. The normalized spacial score (nSPS) is 10.5. The Morgan fingerprint density at radius 3 is 1.77 bits per heavy atom. The average molecular weight is 425 g/mol. The lowest BCUT2D eigenvalue weighted by Crippen LogP contribution is -2.30. The van der Waals surface area contributed by atoms with E-state index in [9.17, 15) is 14.4 Å². The van der Waals surface area contributed by atoms with Crippen LogP contribution in [-0.2, 0) is 9.59 Å². The maximum atomic E-state index is 12.3. The van der Waals surface area contributed by atoms with Crippen molar-refractivity contribution in [2.45, 2.75) is 34.1 Å². The Balaban J connectivity index is 1.82. The number of rotatable bonds is 10. The molecule has 31 heavy (non-hydrogen) atoms. The largest absolute Gasteiger partial charge is 0.376 e. The number of anilines is 3. The maximum Gasteiger partial charge on any atom is 0.253 e. The number of hydrogen-bond donors (Lipinski definition) is 3. The van der Waals surface area contributed by atoms with Crippen molar-refractivity contribution < 1.29 is 14.4 Å². The van der Waals surface area contributed by atoms with E-state index in [4.69, 9.17) is 0 Å². The molecule has 0 atom stereocenters. The SMILES string of the molecule is CCN(CC)C(=O)c1ccc(NC(=O)CNc2ccc(NC(=O)CC(C)C)cc2)cc1. The third kappa shape index (κ3) is 7.77. The fourth-order valence-electron chi connectivity index (χ4n) is 3.03. The zero-order valence-electron chi connectivity index (χ0n) is 18.7. The first-order valence-electron chi connectivity index (χ1n) is 10.6. The van der Waals surface area contributed by atoms with E-state index in [0.29, 0.717) is 36.7 Å². The Morgan fingerprint density at radius 2 is 1.26 bits per heavy atom. The lowest BCUT2D eigenvalue weighted by molar-refractivity contribution is -0.117. The summed E-state index contributed by atoms with van der Waals surface area (Å²) in [7, 11) is 0. The monoisotopic (exact) mass is 424 g/mol. The van der Waals surface area contributed by atoms with Gasteiger partial charge < -0.3 is 20.9 Å². The van der Waals surface area contributed by atoms with Crippen molar-refractivity contribution in [1.29, 1.82) is 0 Å². The third-order valence-electron chi connectivity index (χ3n) is 4.68. The van der Waals surface area contributed by atoms with Crippen LogP contribution in [0.15, 0.2) is 48.5 Å². The molecule has 0 radical (unpaired) electrons. The van der Waals surface area contributed by atoms with Crippen LogP contribution in [0, 0.1) is 5.92 Å². The van der Waals surface area contributed by atoms with Crippen molar-refractivity contribution in [1.82, 2.24) is 4.90 Å². The zero-order chi connectivity index (χ0) is 22.8. The van der Waals surface area contributed by atoms with Crippen LogP contribution in [-0.4, -0.2) is 42.3 Å². The van der Waals surface area contributed by atoms with Gasteiger partial charge in [-0.3, -0.25) is 14.4 Å². The van der Waals surface area contributed by atoms with E-state index in [-0.39, 0.29) is 24.3 Å². The van der Waals surface area contributed by atoms with E-state index in [0.717, 1.165) is 11.4 Å². The maximum absolute atomic E-state index is 12.3. The van der Waals surface area contributed by atoms with Gasteiger partial charge in [0.25, 0.3) is 5.91 Å². The standard InChI is InChI=1S/C24H32N4O3/c1-5-28(6-2)24(31)18-7-9-20(10-8-18)27-23(30)16-25-19-11-13-21(14-12-19)26-22(29)15-17(3)4/h7-14,17,25H,5-6,15-16H2,1-4H3,(H,26,29)(H,27,30). The zero-order valence-corrected chi connectivity index (χ0v) is 18.7. The second-order valence-electron chi connectivity index (χ2n) is 7.68. The van der Waals surface area contributed by atoms with Crippen molar-refractivity contribution in [2.75, 3.05) is 35.6 Å². The van der Waals surface area contributed by atoms with Gasteiger partial charge in [0.2, 0.25) is 11.8 Å². The summed E-state index contributed by atoms with van der Waals surface area (Å²) in [5.41, 5.74) is 2.73. The van der Waals surface area contributed by atoms with Crippen molar-refractivity contribution in [2.24, 2.45) is 5.92 Å². The highest BCUT2D eigenvalue weighted by atomic mass is 16.2. The molecule has 0 aliphatic carbocycles. The number of carbonyl (C=O) groups excluding carboxylic acids is 3. The third-order valence-corrected chi connectivity index (χ3v) is 4.68. The van der Waals surface area contributed by atoms with E-state index in [2.05, 4.69) is 16.0 Å². The Kier molecular flexibility index (Phi) is 9.06. The molecule has 0 heterocycles. The quantitative estimate of drug-likeness (QED) is 0.533. The smallest absolute Gasteiger partial charge is 0.253 e. The van der Waals surface area contributed by atoms with E-state index in [1.54, 1.807) is 41.3 Å². The molecule has 0 bridgehead atoms. The molecule has 0 aromatic heterocycles. The van der Waals surface area contributed by atoms with Gasteiger partial charge in [0.1, 0.15) is 0 Å². The van der Waals surface area contributed by atoms with Crippen molar-refractivity contribution in [3.63, 3.8) is 0 Å². The number of amides is 3. The predicted octanol–water partition coefficient (Wildman–Crippen LogP) is 4.20. The topological polar surface area (TPSA) is 90.5 Å². The molecule has 0 spiro atoms. The number of nitrogens with zero attached hydrogens (tertiary/aromatic N) is 1. The minimum Gasteiger partial charge on any atom is -0.376 e. The van der Waals surface area contributed by atoms with Gasteiger partial charge in [0.15, 0.2) is 0 Å². The lowest BCUT2D eigenvalue weighted by atomic mass is 10.1.